The number of hydrogen-bond acceptors (Lipinski definition) is 2. The molecule has 6 heteroatoms. The van der Waals surface area contributed by atoms with Gasteiger partial charge in [-0.05, 0) is 26.3 Å². The lowest BCUT2D eigenvalue weighted by molar-refractivity contribution is -0.132. The Morgan fingerprint density at radius 2 is 1.69 bits per heavy atom. The highest BCUT2D eigenvalue weighted by atomic mass is 31.2. The molecule has 0 rings (SSSR count). The van der Waals surface area contributed by atoms with Gasteiger partial charge < -0.3 is 14.9 Å². The van der Waals surface area contributed by atoms with Crippen LogP contribution in [0.4, 0.5) is 0 Å². The Bertz CT molecular complexity index is 287. The van der Waals surface area contributed by atoms with Crippen LogP contribution in [0, 0.1) is 0 Å². The van der Waals surface area contributed by atoms with Gasteiger partial charge in [-0.2, -0.15) is 0 Å². The van der Waals surface area contributed by atoms with Crippen LogP contribution in [0.25, 0.3) is 0 Å². The lowest BCUT2D eigenvalue weighted by atomic mass is 10.1. The molecule has 0 aromatic heterocycles. The standard InChI is InChI=1S/C7H13O5P/c1-4(5(2)7(8)9)6(3)13(10,11)12/h6H,1-3H3,(H,8,9)(H2,10,11,12)/b5-4+/t6-/m0/s1. The van der Waals surface area contributed by atoms with E-state index in [-0.39, 0.29) is 11.1 Å². The average Bonchev–Trinajstić information content (AvgIpc) is 1.98. The molecule has 0 spiro atoms. The molecule has 3 N–H and O–H groups in total. The first-order chi connectivity index (χ1) is 5.68. The van der Waals surface area contributed by atoms with Crippen LogP contribution in [-0.2, 0) is 9.36 Å². The van der Waals surface area contributed by atoms with Crippen molar-refractivity contribution in [1.82, 2.24) is 0 Å². The van der Waals surface area contributed by atoms with Gasteiger partial charge in [-0.3, -0.25) is 4.57 Å². The smallest absolute Gasteiger partial charge is 0.332 e. The zero-order chi connectivity index (χ0) is 10.8. The van der Waals surface area contributed by atoms with Gasteiger partial charge in [0.25, 0.3) is 0 Å². The maximum absolute atomic E-state index is 10.8. The molecule has 0 amide bonds. The van der Waals surface area contributed by atoms with Crippen LogP contribution in [0.1, 0.15) is 20.8 Å². The summed E-state index contributed by atoms with van der Waals surface area (Å²) in [5.41, 5.74) is -0.847. The van der Waals surface area contributed by atoms with Crippen LogP contribution in [0.5, 0.6) is 0 Å². The number of carboxylic acid groups (broad SMARTS) is 1. The number of rotatable bonds is 3. The van der Waals surface area contributed by atoms with Crippen LogP contribution < -0.4 is 0 Å². The van der Waals surface area contributed by atoms with Crippen molar-refractivity contribution in [2.45, 2.75) is 26.4 Å². The summed E-state index contributed by atoms with van der Waals surface area (Å²) in [4.78, 5) is 28.0. The van der Waals surface area contributed by atoms with E-state index in [4.69, 9.17) is 14.9 Å². The van der Waals surface area contributed by atoms with Crippen molar-refractivity contribution in [3.8, 4) is 0 Å². The molecule has 5 nitrogen and oxygen atoms in total. The number of aliphatic carboxylic acids is 1. The minimum absolute atomic E-state index is 0.0178. The van der Waals surface area contributed by atoms with E-state index in [1.54, 1.807) is 0 Å². The molecule has 0 saturated carbocycles. The Morgan fingerprint density at radius 3 is 1.92 bits per heavy atom. The van der Waals surface area contributed by atoms with Crippen LogP contribution in [0.2, 0.25) is 0 Å². The maximum atomic E-state index is 10.8. The second-order valence-corrected chi connectivity index (χ2v) is 4.83. The SMILES string of the molecule is C/C(C(=O)O)=C(/C)[C@H](C)P(=O)(O)O. The average molecular weight is 208 g/mol. The van der Waals surface area contributed by atoms with Crippen molar-refractivity contribution >= 4 is 13.6 Å². The summed E-state index contributed by atoms with van der Waals surface area (Å²) in [6.45, 7) is 4.04. The number of carboxylic acids is 1. The first kappa shape index (κ1) is 12.4. The van der Waals surface area contributed by atoms with Crippen molar-refractivity contribution in [3.05, 3.63) is 11.1 Å². The van der Waals surface area contributed by atoms with Gasteiger partial charge in [-0.15, -0.1) is 0 Å². The molecule has 0 aromatic carbocycles. The van der Waals surface area contributed by atoms with Gasteiger partial charge in [-0.1, -0.05) is 0 Å². The van der Waals surface area contributed by atoms with Gasteiger partial charge in [0.05, 0.1) is 5.66 Å². The van der Waals surface area contributed by atoms with Crippen molar-refractivity contribution in [3.63, 3.8) is 0 Å². The summed E-state index contributed by atoms with van der Waals surface area (Å²) in [7, 11) is -4.23. The Labute approximate surface area is 76.2 Å². The number of carbonyl (C=O) groups is 1. The largest absolute Gasteiger partial charge is 0.478 e. The first-order valence-electron chi connectivity index (χ1n) is 3.63. The molecule has 0 aliphatic rings. The van der Waals surface area contributed by atoms with E-state index in [9.17, 15) is 9.36 Å². The van der Waals surface area contributed by atoms with E-state index in [1.807, 2.05) is 0 Å². The molecule has 0 bridgehead atoms. The van der Waals surface area contributed by atoms with Gasteiger partial charge in [0.15, 0.2) is 0 Å². The van der Waals surface area contributed by atoms with Crippen LogP contribution in [0.15, 0.2) is 11.1 Å². The predicted octanol–water partition coefficient (Wildman–Crippen LogP) is 0.974. The van der Waals surface area contributed by atoms with E-state index in [0.29, 0.717) is 0 Å². The summed E-state index contributed by atoms with van der Waals surface area (Å²) in [5, 5.41) is 8.56. The van der Waals surface area contributed by atoms with Gasteiger partial charge in [-0.25, -0.2) is 4.79 Å². The highest BCUT2D eigenvalue weighted by Gasteiger charge is 2.27. The molecule has 0 fully saturated rings. The fourth-order valence-corrected chi connectivity index (χ4v) is 1.43. The Kier molecular flexibility index (Phi) is 3.85. The van der Waals surface area contributed by atoms with Crippen molar-refractivity contribution in [2.24, 2.45) is 0 Å². The molecule has 0 aliphatic carbocycles. The second-order valence-electron chi connectivity index (χ2n) is 2.88. The lowest BCUT2D eigenvalue weighted by Crippen LogP contribution is -2.10. The molecular weight excluding hydrogens is 195 g/mol. The number of hydrogen-bond donors (Lipinski definition) is 3. The molecule has 0 radical (unpaired) electrons. The lowest BCUT2D eigenvalue weighted by Gasteiger charge is -2.15. The summed E-state index contributed by atoms with van der Waals surface area (Å²) >= 11 is 0. The van der Waals surface area contributed by atoms with Crippen LogP contribution in [-0.4, -0.2) is 26.5 Å². The quantitative estimate of drug-likeness (QED) is 0.474. The van der Waals surface area contributed by atoms with E-state index < -0.39 is 19.2 Å². The molecular formula is C7H13O5P. The first-order valence-corrected chi connectivity index (χ1v) is 5.32. The predicted molar refractivity (Wildman–Crippen MR) is 47.5 cm³/mol. The van der Waals surface area contributed by atoms with E-state index in [1.165, 1.54) is 20.8 Å². The van der Waals surface area contributed by atoms with Gasteiger partial charge in [0, 0.05) is 5.57 Å². The highest BCUT2D eigenvalue weighted by Crippen LogP contribution is 2.44. The highest BCUT2D eigenvalue weighted by molar-refractivity contribution is 7.52. The molecule has 0 aliphatic heterocycles. The fourth-order valence-electron chi connectivity index (χ4n) is 0.734. The summed E-state index contributed by atoms with van der Waals surface area (Å²) in [6, 6.07) is 0. The normalized spacial score (nSPS) is 16.4. The van der Waals surface area contributed by atoms with Crippen molar-refractivity contribution in [2.75, 3.05) is 0 Å². The van der Waals surface area contributed by atoms with Gasteiger partial charge in [0.2, 0.25) is 0 Å². The molecule has 0 saturated heterocycles. The van der Waals surface area contributed by atoms with Gasteiger partial charge >= 0.3 is 13.6 Å². The molecule has 13 heavy (non-hydrogen) atoms. The topological polar surface area (TPSA) is 94.8 Å². The third kappa shape index (κ3) is 3.30. The van der Waals surface area contributed by atoms with Crippen LogP contribution in [0.3, 0.4) is 0 Å². The van der Waals surface area contributed by atoms with Crippen molar-refractivity contribution < 1.29 is 24.3 Å². The van der Waals surface area contributed by atoms with Crippen molar-refractivity contribution in [1.29, 1.82) is 0 Å². The molecule has 1 atom stereocenters. The summed E-state index contributed by atoms with van der Waals surface area (Å²) in [5.74, 6) is -1.15. The third-order valence-electron chi connectivity index (χ3n) is 2.04. The van der Waals surface area contributed by atoms with E-state index in [0.717, 1.165) is 0 Å². The Hall–Kier alpha value is -0.640. The minimum atomic E-state index is -4.23. The molecule has 0 unspecified atom stereocenters. The van der Waals surface area contributed by atoms with E-state index in [2.05, 4.69) is 0 Å². The second kappa shape index (κ2) is 4.05. The van der Waals surface area contributed by atoms with Crippen LogP contribution >= 0.6 is 7.60 Å². The zero-order valence-corrected chi connectivity index (χ0v) is 8.58. The Balaban J connectivity index is 5.00. The van der Waals surface area contributed by atoms with Gasteiger partial charge in [0.1, 0.15) is 0 Å². The molecule has 0 heterocycles. The third-order valence-corrected chi connectivity index (χ3v) is 3.44. The zero-order valence-electron chi connectivity index (χ0n) is 7.68. The molecule has 0 aromatic rings. The minimum Gasteiger partial charge on any atom is -0.478 e. The number of allylic oxidation sites excluding steroid dienone is 1. The molecule has 76 valence electrons. The van der Waals surface area contributed by atoms with E-state index >= 15 is 0 Å². The summed E-state index contributed by atoms with van der Waals surface area (Å²) < 4.78 is 10.8. The summed E-state index contributed by atoms with van der Waals surface area (Å²) in [6.07, 6.45) is 0. The Morgan fingerprint density at radius 1 is 1.31 bits per heavy atom. The fraction of sp³-hybridized carbons (Fsp3) is 0.571. The monoisotopic (exact) mass is 208 g/mol. The maximum Gasteiger partial charge on any atom is 0.332 e.